The smallest absolute Gasteiger partial charge is 0.224 e. The predicted octanol–water partition coefficient (Wildman–Crippen LogP) is 3.69. The van der Waals surface area contributed by atoms with Crippen molar-refractivity contribution in [2.45, 2.75) is 59.5 Å². The molecule has 7 nitrogen and oxygen atoms in total. The zero-order valence-corrected chi connectivity index (χ0v) is 21.2. The Morgan fingerprint density at radius 3 is 2.43 bits per heavy atom. The third-order valence-corrected chi connectivity index (χ3v) is 4.95. The molecule has 1 aromatic carbocycles. The Morgan fingerprint density at radius 2 is 1.90 bits per heavy atom. The Morgan fingerprint density at radius 1 is 1.23 bits per heavy atom. The van der Waals surface area contributed by atoms with Crippen LogP contribution in [0.15, 0.2) is 29.3 Å². The number of carbonyl (C=O) groups excluding carboxylic acids is 1. The van der Waals surface area contributed by atoms with Gasteiger partial charge in [-0.25, -0.2) is 0 Å². The lowest BCUT2D eigenvalue weighted by molar-refractivity contribution is -0.116. The quantitative estimate of drug-likeness (QED) is 0.279. The lowest BCUT2D eigenvalue weighted by Gasteiger charge is -2.18. The molecule has 1 aromatic heterocycles. The second kappa shape index (κ2) is 12.6. The number of hydrogen-bond acceptors (Lipinski definition) is 3. The second-order valence-corrected chi connectivity index (χ2v) is 7.44. The molecule has 1 atom stereocenters. The summed E-state index contributed by atoms with van der Waals surface area (Å²) in [4.78, 5) is 16.0. The summed E-state index contributed by atoms with van der Waals surface area (Å²) in [5.74, 6) is 0.813. The van der Waals surface area contributed by atoms with E-state index in [1.165, 1.54) is 11.3 Å². The van der Waals surface area contributed by atoms with Gasteiger partial charge in [-0.1, -0.05) is 19.1 Å². The number of halogens is 1. The first kappa shape index (κ1) is 25.9. The molecule has 2 aromatic rings. The van der Waals surface area contributed by atoms with Gasteiger partial charge in [0.05, 0.1) is 5.69 Å². The van der Waals surface area contributed by atoms with Crippen molar-refractivity contribution in [1.82, 2.24) is 20.4 Å². The van der Waals surface area contributed by atoms with Crippen molar-refractivity contribution < 1.29 is 4.79 Å². The lowest BCUT2D eigenvalue weighted by Crippen LogP contribution is -2.42. The van der Waals surface area contributed by atoms with Gasteiger partial charge < -0.3 is 16.0 Å². The van der Waals surface area contributed by atoms with Crippen molar-refractivity contribution in [2.24, 2.45) is 12.0 Å². The topological polar surface area (TPSA) is 83.3 Å². The number of amides is 1. The minimum Gasteiger partial charge on any atom is -0.354 e. The highest BCUT2D eigenvalue weighted by Crippen LogP contribution is 2.14. The Balaban J connectivity index is 0.00000450. The number of hydrogen-bond donors (Lipinski definition) is 3. The summed E-state index contributed by atoms with van der Waals surface area (Å²) in [6, 6.07) is 8.09. The highest BCUT2D eigenvalue weighted by Gasteiger charge is 2.14. The molecule has 0 aliphatic heterocycles. The van der Waals surface area contributed by atoms with Crippen molar-refractivity contribution in [2.75, 3.05) is 12.4 Å². The molecular formula is C22H35IN6O. The number of aromatic nitrogens is 2. The molecule has 0 spiro atoms. The summed E-state index contributed by atoms with van der Waals surface area (Å²) in [5.41, 5.74) is 5.50. The predicted molar refractivity (Wildman–Crippen MR) is 135 cm³/mol. The van der Waals surface area contributed by atoms with E-state index in [9.17, 15) is 4.79 Å². The molecule has 0 radical (unpaired) electrons. The number of guanidine groups is 1. The highest BCUT2D eigenvalue weighted by molar-refractivity contribution is 14.0. The fourth-order valence-electron chi connectivity index (χ4n) is 3.24. The second-order valence-electron chi connectivity index (χ2n) is 7.44. The molecule has 1 amide bonds. The maximum atomic E-state index is 11.7. The summed E-state index contributed by atoms with van der Waals surface area (Å²) < 4.78 is 1.93. The normalized spacial score (nSPS) is 12.1. The van der Waals surface area contributed by atoms with E-state index in [2.05, 4.69) is 46.8 Å². The molecule has 166 valence electrons. The molecule has 0 aliphatic rings. The third kappa shape index (κ3) is 7.62. The van der Waals surface area contributed by atoms with Crippen molar-refractivity contribution in [3.63, 3.8) is 0 Å². The fourth-order valence-corrected chi connectivity index (χ4v) is 3.24. The average molecular weight is 526 g/mol. The number of nitrogens with one attached hydrogen (secondary N) is 3. The molecule has 2 rings (SSSR count). The van der Waals surface area contributed by atoms with Crippen molar-refractivity contribution >= 4 is 41.5 Å². The first-order chi connectivity index (χ1) is 13.8. The van der Waals surface area contributed by atoms with Crippen LogP contribution in [0.2, 0.25) is 0 Å². The molecule has 0 aliphatic carbocycles. The van der Waals surface area contributed by atoms with Gasteiger partial charge in [-0.15, -0.1) is 24.0 Å². The number of benzene rings is 1. The van der Waals surface area contributed by atoms with Crippen molar-refractivity contribution in [1.29, 1.82) is 0 Å². The van der Waals surface area contributed by atoms with E-state index in [-0.39, 0.29) is 35.9 Å². The van der Waals surface area contributed by atoms with E-state index in [0.29, 0.717) is 13.0 Å². The Labute approximate surface area is 197 Å². The van der Waals surface area contributed by atoms with Gasteiger partial charge in [0.2, 0.25) is 5.91 Å². The Hall–Kier alpha value is -2.10. The van der Waals surface area contributed by atoms with Crippen LogP contribution >= 0.6 is 24.0 Å². The number of rotatable bonds is 8. The average Bonchev–Trinajstić information content (AvgIpc) is 2.92. The van der Waals surface area contributed by atoms with Crippen LogP contribution in [0.1, 0.15) is 49.2 Å². The van der Waals surface area contributed by atoms with E-state index in [0.717, 1.165) is 35.7 Å². The molecule has 1 heterocycles. The molecule has 30 heavy (non-hydrogen) atoms. The van der Waals surface area contributed by atoms with Crippen LogP contribution in [-0.2, 0) is 24.8 Å². The van der Waals surface area contributed by atoms with Crippen LogP contribution in [-0.4, -0.2) is 34.7 Å². The van der Waals surface area contributed by atoms with Gasteiger partial charge in [0.1, 0.15) is 0 Å². The third-order valence-electron chi connectivity index (χ3n) is 4.95. The van der Waals surface area contributed by atoms with E-state index in [1.807, 2.05) is 42.9 Å². The summed E-state index contributed by atoms with van der Waals surface area (Å²) in [7, 11) is 3.75. The van der Waals surface area contributed by atoms with Crippen LogP contribution in [0.25, 0.3) is 0 Å². The SMILES string of the molecule is CCCC(=O)Nc1ccc(CNC(=NC)NC(C)Cc2c(C)nn(C)c2C)cc1.I. The van der Waals surface area contributed by atoms with Gasteiger partial charge >= 0.3 is 0 Å². The van der Waals surface area contributed by atoms with E-state index < -0.39 is 0 Å². The summed E-state index contributed by atoms with van der Waals surface area (Å²) in [6.45, 7) is 8.95. The Bertz CT molecular complexity index is 844. The van der Waals surface area contributed by atoms with Crippen LogP contribution in [0.4, 0.5) is 5.69 Å². The van der Waals surface area contributed by atoms with Crippen LogP contribution in [0.5, 0.6) is 0 Å². The van der Waals surface area contributed by atoms with Crippen molar-refractivity contribution in [3.8, 4) is 0 Å². The monoisotopic (exact) mass is 526 g/mol. The maximum absolute atomic E-state index is 11.7. The van der Waals surface area contributed by atoms with E-state index in [4.69, 9.17) is 0 Å². The van der Waals surface area contributed by atoms with Crippen molar-refractivity contribution in [3.05, 3.63) is 46.8 Å². The summed E-state index contributed by atoms with van der Waals surface area (Å²) in [5, 5.41) is 14.2. The van der Waals surface area contributed by atoms with Gasteiger partial charge in [0, 0.05) is 44.5 Å². The number of aliphatic imine (C=N–C) groups is 1. The van der Waals surface area contributed by atoms with Gasteiger partial charge in [0.15, 0.2) is 5.96 Å². The lowest BCUT2D eigenvalue weighted by atomic mass is 10.1. The minimum atomic E-state index is 0. The van der Waals surface area contributed by atoms with Gasteiger partial charge in [-0.2, -0.15) is 5.10 Å². The molecular weight excluding hydrogens is 491 g/mol. The van der Waals surface area contributed by atoms with Gasteiger partial charge in [-0.3, -0.25) is 14.5 Å². The zero-order chi connectivity index (χ0) is 21.4. The number of nitrogens with zero attached hydrogens (tertiary/aromatic N) is 3. The van der Waals surface area contributed by atoms with Crippen LogP contribution in [0.3, 0.4) is 0 Å². The molecule has 0 bridgehead atoms. The summed E-state index contributed by atoms with van der Waals surface area (Å²) in [6.07, 6.45) is 2.28. The number of carbonyl (C=O) groups is 1. The number of aryl methyl sites for hydroxylation is 2. The van der Waals surface area contributed by atoms with Gasteiger partial charge in [0.25, 0.3) is 0 Å². The Kier molecular flexibility index (Phi) is 10.9. The molecule has 1 unspecified atom stereocenters. The molecule has 3 N–H and O–H groups in total. The first-order valence-electron chi connectivity index (χ1n) is 10.2. The zero-order valence-electron chi connectivity index (χ0n) is 18.9. The minimum absolute atomic E-state index is 0. The van der Waals surface area contributed by atoms with Crippen LogP contribution < -0.4 is 16.0 Å². The van der Waals surface area contributed by atoms with Crippen LogP contribution in [0, 0.1) is 13.8 Å². The molecule has 0 saturated carbocycles. The molecule has 0 saturated heterocycles. The standard InChI is InChI=1S/C22H34N6O.HI/c1-7-8-21(29)26-19-11-9-18(10-12-19)14-24-22(23-5)25-15(2)13-20-16(3)27-28(6)17(20)4;/h9-12,15H,7-8,13-14H2,1-6H3,(H,26,29)(H2,23,24,25);1H. The maximum Gasteiger partial charge on any atom is 0.224 e. The molecule has 8 heteroatoms. The van der Waals surface area contributed by atoms with E-state index >= 15 is 0 Å². The molecule has 0 fully saturated rings. The number of anilines is 1. The summed E-state index contributed by atoms with van der Waals surface area (Å²) >= 11 is 0. The fraction of sp³-hybridized carbons (Fsp3) is 0.500. The first-order valence-corrected chi connectivity index (χ1v) is 10.2. The largest absolute Gasteiger partial charge is 0.354 e. The van der Waals surface area contributed by atoms with Gasteiger partial charge in [-0.05, 0) is 56.9 Å². The highest BCUT2D eigenvalue weighted by atomic mass is 127. The van der Waals surface area contributed by atoms with E-state index in [1.54, 1.807) is 7.05 Å².